The number of rotatable bonds is 8. The largest absolute Gasteiger partial charge is 0.352 e. The number of benzene rings is 3. The van der Waals surface area contributed by atoms with Gasteiger partial charge in [0.05, 0.1) is 5.54 Å². The van der Waals surface area contributed by atoms with Crippen molar-refractivity contribution in [2.75, 3.05) is 6.26 Å². The summed E-state index contributed by atoms with van der Waals surface area (Å²) in [5.41, 5.74) is 16.2. The quantitative estimate of drug-likeness (QED) is 0.322. The summed E-state index contributed by atoms with van der Waals surface area (Å²) in [6.45, 7) is 4.44. The number of carbonyl (C=O) groups excluding carboxylic acids is 3. The van der Waals surface area contributed by atoms with Crippen LogP contribution in [0.15, 0.2) is 71.6 Å². The molecule has 1 atom stereocenters. The summed E-state index contributed by atoms with van der Waals surface area (Å²) in [5.74, 6) is -0.499. The molecular formula is C30H35N5O3S. The van der Waals surface area contributed by atoms with Gasteiger partial charge in [0.15, 0.2) is 0 Å². The number of primary amides is 1. The molecule has 1 aliphatic heterocycles. The van der Waals surface area contributed by atoms with E-state index in [4.69, 9.17) is 11.5 Å². The topological polar surface area (TPSA) is 131 Å². The van der Waals surface area contributed by atoms with Crippen LogP contribution in [-0.2, 0) is 35.6 Å². The first-order valence-electron chi connectivity index (χ1n) is 12.8. The van der Waals surface area contributed by atoms with Crippen molar-refractivity contribution < 1.29 is 14.4 Å². The number of fused-ring (bicyclic) bond motifs is 1. The molecule has 0 aliphatic carbocycles. The first-order valence-corrected chi connectivity index (χ1v) is 14.0. The Morgan fingerprint density at radius 3 is 2.44 bits per heavy atom. The minimum atomic E-state index is -1.10. The van der Waals surface area contributed by atoms with Crippen molar-refractivity contribution in [2.24, 2.45) is 11.5 Å². The van der Waals surface area contributed by atoms with Crippen molar-refractivity contribution >= 4 is 29.6 Å². The normalized spacial score (nSPS) is 15.3. The van der Waals surface area contributed by atoms with Gasteiger partial charge in [0.1, 0.15) is 6.04 Å². The fourth-order valence-electron chi connectivity index (χ4n) is 4.62. The molecule has 0 saturated heterocycles. The third kappa shape index (κ3) is 6.99. The average molecular weight is 546 g/mol. The minimum absolute atomic E-state index is 0.138. The number of urea groups is 1. The Labute approximate surface area is 233 Å². The number of nitrogens with zero attached hydrogens (tertiary/aromatic N) is 1. The summed E-state index contributed by atoms with van der Waals surface area (Å²) in [7, 11) is 0. The average Bonchev–Trinajstić information content (AvgIpc) is 3.03. The third-order valence-corrected chi connectivity index (χ3v) is 7.53. The van der Waals surface area contributed by atoms with Crippen LogP contribution in [0.5, 0.6) is 0 Å². The molecular weight excluding hydrogens is 510 g/mol. The van der Waals surface area contributed by atoms with Crippen molar-refractivity contribution in [1.82, 2.24) is 15.5 Å². The number of thioether (sulfide) groups is 1. The van der Waals surface area contributed by atoms with Crippen molar-refractivity contribution in [3.05, 3.63) is 89.0 Å². The van der Waals surface area contributed by atoms with Crippen molar-refractivity contribution in [3.63, 3.8) is 0 Å². The van der Waals surface area contributed by atoms with Crippen LogP contribution in [0.3, 0.4) is 0 Å². The summed E-state index contributed by atoms with van der Waals surface area (Å²) < 4.78 is 0. The highest BCUT2D eigenvalue weighted by atomic mass is 32.2. The van der Waals surface area contributed by atoms with E-state index in [2.05, 4.69) is 28.8 Å². The van der Waals surface area contributed by atoms with Gasteiger partial charge in [-0.15, -0.1) is 11.8 Å². The monoisotopic (exact) mass is 545 g/mol. The number of hydrogen-bond donors (Lipinski definition) is 4. The highest BCUT2D eigenvalue weighted by Gasteiger charge is 2.33. The van der Waals surface area contributed by atoms with E-state index in [1.54, 1.807) is 30.5 Å². The molecule has 0 saturated carbocycles. The molecule has 0 spiro atoms. The smallest absolute Gasteiger partial charge is 0.312 e. The van der Waals surface area contributed by atoms with Gasteiger partial charge in [-0.2, -0.15) is 0 Å². The number of hydrogen-bond acceptors (Lipinski definition) is 5. The number of nitrogens with one attached hydrogen (secondary N) is 2. The van der Waals surface area contributed by atoms with Gasteiger partial charge in [-0.1, -0.05) is 54.6 Å². The lowest BCUT2D eigenvalue weighted by atomic mass is 9.98. The van der Waals surface area contributed by atoms with Gasteiger partial charge in [0.2, 0.25) is 11.8 Å². The van der Waals surface area contributed by atoms with Gasteiger partial charge in [0.25, 0.3) is 0 Å². The molecule has 4 rings (SSSR count). The molecule has 0 unspecified atom stereocenters. The maximum absolute atomic E-state index is 13.7. The Morgan fingerprint density at radius 1 is 1.05 bits per heavy atom. The molecule has 0 radical (unpaired) electrons. The van der Waals surface area contributed by atoms with Gasteiger partial charge in [-0.05, 0) is 65.6 Å². The molecule has 3 aromatic rings. The fraction of sp³-hybridized carbons (Fsp3) is 0.300. The van der Waals surface area contributed by atoms with E-state index in [-0.39, 0.29) is 11.8 Å². The molecule has 6 N–H and O–H groups in total. The maximum atomic E-state index is 13.7. The Balaban J connectivity index is 1.59. The second kappa shape index (κ2) is 11.9. The summed E-state index contributed by atoms with van der Waals surface area (Å²) >= 11 is 1.64. The van der Waals surface area contributed by atoms with Crippen LogP contribution < -0.4 is 22.1 Å². The summed E-state index contributed by atoms with van der Waals surface area (Å²) in [6.07, 6.45) is 2.43. The molecule has 1 heterocycles. The van der Waals surface area contributed by atoms with Gasteiger partial charge in [-0.25, -0.2) is 4.79 Å². The van der Waals surface area contributed by atoms with E-state index >= 15 is 0 Å². The number of amides is 4. The lowest BCUT2D eigenvalue weighted by Gasteiger charge is -2.27. The van der Waals surface area contributed by atoms with Crippen LogP contribution >= 0.6 is 11.8 Å². The highest BCUT2D eigenvalue weighted by molar-refractivity contribution is 7.98. The molecule has 0 aromatic heterocycles. The van der Waals surface area contributed by atoms with E-state index < -0.39 is 17.6 Å². The number of nitrogens with two attached hydrogens (primary N) is 2. The zero-order valence-corrected chi connectivity index (χ0v) is 23.3. The molecule has 1 aliphatic rings. The summed E-state index contributed by atoms with van der Waals surface area (Å²) in [4.78, 5) is 40.5. The fourth-order valence-corrected chi connectivity index (χ4v) is 5.09. The van der Waals surface area contributed by atoms with E-state index in [1.807, 2.05) is 54.8 Å². The van der Waals surface area contributed by atoms with Crippen LogP contribution in [0.2, 0.25) is 0 Å². The van der Waals surface area contributed by atoms with Crippen LogP contribution in [-0.4, -0.2) is 40.6 Å². The van der Waals surface area contributed by atoms with E-state index in [9.17, 15) is 14.4 Å². The molecule has 0 bridgehead atoms. The van der Waals surface area contributed by atoms with Crippen LogP contribution in [0, 0.1) is 0 Å². The predicted octanol–water partition coefficient (Wildman–Crippen LogP) is 3.55. The predicted molar refractivity (Wildman–Crippen MR) is 155 cm³/mol. The molecule has 0 fully saturated rings. The molecule has 8 nitrogen and oxygen atoms in total. The van der Waals surface area contributed by atoms with E-state index in [0.29, 0.717) is 26.1 Å². The zero-order valence-electron chi connectivity index (χ0n) is 22.5. The number of carbonyl (C=O) groups is 3. The molecule has 4 amide bonds. The van der Waals surface area contributed by atoms with Gasteiger partial charge in [0, 0.05) is 31.0 Å². The Hall–Kier alpha value is -3.82. The Morgan fingerprint density at radius 2 is 1.77 bits per heavy atom. The second-order valence-electron chi connectivity index (χ2n) is 10.4. The Bertz CT molecular complexity index is 1370. The van der Waals surface area contributed by atoms with Crippen LogP contribution in [0.25, 0.3) is 11.1 Å². The Kier molecular flexibility index (Phi) is 8.62. The van der Waals surface area contributed by atoms with Crippen molar-refractivity contribution in [1.29, 1.82) is 0 Å². The SMILES string of the molecule is CSc1ccc2c(c1)C[C@@H](NC(=O)C(C)(C)N)C(=O)N(Cc1ccc(-c3ccccc3CNC(N)=O)cc1)C2. The zero-order chi connectivity index (χ0) is 28.2. The summed E-state index contributed by atoms with van der Waals surface area (Å²) in [5, 5.41) is 5.54. The first kappa shape index (κ1) is 28.2. The maximum Gasteiger partial charge on any atom is 0.312 e. The highest BCUT2D eigenvalue weighted by Crippen LogP contribution is 2.28. The molecule has 3 aromatic carbocycles. The van der Waals surface area contributed by atoms with E-state index in [1.165, 1.54) is 0 Å². The third-order valence-electron chi connectivity index (χ3n) is 6.81. The van der Waals surface area contributed by atoms with Gasteiger partial charge in [-0.3, -0.25) is 9.59 Å². The van der Waals surface area contributed by atoms with Crippen molar-refractivity contribution in [2.45, 2.75) is 56.4 Å². The van der Waals surface area contributed by atoms with Gasteiger partial charge < -0.3 is 27.0 Å². The van der Waals surface area contributed by atoms with Crippen LogP contribution in [0.4, 0.5) is 4.79 Å². The van der Waals surface area contributed by atoms with Crippen molar-refractivity contribution in [3.8, 4) is 11.1 Å². The van der Waals surface area contributed by atoms with Crippen LogP contribution in [0.1, 0.15) is 36.1 Å². The lowest BCUT2D eigenvalue weighted by molar-refractivity contribution is -0.138. The molecule has 9 heteroatoms. The second-order valence-corrected chi connectivity index (χ2v) is 11.2. The lowest BCUT2D eigenvalue weighted by Crippen LogP contribution is -2.56. The van der Waals surface area contributed by atoms with E-state index in [0.717, 1.165) is 38.3 Å². The summed E-state index contributed by atoms with van der Waals surface area (Å²) in [6, 6.07) is 20.8. The molecule has 204 valence electrons. The van der Waals surface area contributed by atoms with Gasteiger partial charge >= 0.3 is 6.03 Å². The standard InChI is InChI=1S/C30H35N5O3S/c1-30(2,32)28(37)34-26-15-23-14-24(39-3)13-12-22(23)18-35(27(26)36)17-19-8-10-20(11-9-19)25-7-5-4-6-21(25)16-33-29(31)38/h4-14,26H,15-18,32H2,1-3H3,(H,34,37)(H3,31,33,38)/t26-/m1/s1. The first-order chi connectivity index (χ1) is 18.5. The minimum Gasteiger partial charge on any atom is -0.352 e. The molecule has 39 heavy (non-hydrogen) atoms.